The summed E-state index contributed by atoms with van der Waals surface area (Å²) in [7, 11) is 1.63. The molecule has 4 aromatic rings. The first kappa shape index (κ1) is 25.3. The fraction of sp³-hybridized carbons (Fsp3) is 0.370. The van der Waals surface area contributed by atoms with Crippen molar-refractivity contribution < 1.29 is 18.3 Å². The Kier molecular flexibility index (Phi) is 6.65. The molecular weight excluding hydrogens is 508 g/mol. The third-order valence-corrected chi connectivity index (χ3v) is 6.95. The van der Waals surface area contributed by atoms with E-state index in [1.807, 2.05) is 6.07 Å². The number of nitrogens with zero attached hydrogens (tertiary/aromatic N) is 5. The molecule has 10 nitrogen and oxygen atoms in total. The number of rotatable bonds is 9. The molecule has 1 aliphatic heterocycles. The highest BCUT2D eigenvalue weighted by Crippen LogP contribution is 2.40. The zero-order valence-corrected chi connectivity index (χ0v) is 21.3. The predicted molar refractivity (Wildman–Crippen MR) is 139 cm³/mol. The Hall–Kier alpha value is -4.03. The Morgan fingerprint density at radius 2 is 2.03 bits per heavy atom. The van der Waals surface area contributed by atoms with Crippen molar-refractivity contribution in [1.29, 1.82) is 0 Å². The van der Waals surface area contributed by atoms with Gasteiger partial charge in [0.25, 0.3) is 11.5 Å². The van der Waals surface area contributed by atoms with Crippen molar-refractivity contribution in [2.75, 3.05) is 33.4 Å². The van der Waals surface area contributed by atoms with Gasteiger partial charge in [0.15, 0.2) is 0 Å². The lowest BCUT2D eigenvalue weighted by atomic mass is 10.00. The summed E-state index contributed by atoms with van der Waals surface area (Å²) in [6.07, 6.45) is 2.19. The second-order valence-electron chi connectivity index (χ2n) is 9.89. The van der Waals surface area contributed by atoms with E-state index in [2.05, 4.69) is 25.3 Å². The van der Waals surface area contributed by atoms with Crippen molar-refractivity contribution >= 4 is 16.9 Å². The van der Waals surface area contributed by atoms with Crippen LogP contribution in [0.3, 0.4) is 0 Å². The Labute approximate surface area is 222 Å². The van der Waals surface area contributed by atoms with Crippen LogP contribution in [-0.4, -0.2) is 74.8 Å². The number of alkyl halides is 1. The van der Waals surface area contributed by atoms with E-state index in [0.29, 0.717) is 42.0 Å². The summed E-state index contributed by atoms with van der Waals surface area (Å²) in [4.78, 5) is 44.7. The van der Waals surface area contributed by atoms with Crippen LogP contribution >= 0.6 is 0 Å². The molecule has 39 heavy (non-hydrogen) atoms. The Balaban J connectivity index is 1.40. The fourth-order valence-corrected chi connectivity index (χ4v) is 4.66. The van der Waals surface area contributed by atoms with Gasteiger partial charge in [-0.05, 0) is 43.2 Å². The number of likely N-dealkylation sites (tertiary alicyclic amines) is 1. The van der Waals surface area contributed by atoms with E-state index in [1.54, 1.807) is 13.2 Å². The summed E-state index contributed by atoms with van der Waals surface area (Å²) in [6.45, 7) is 1.68. The molecule has 0 atom stereocenters. The standard InChI is InChI=1S/C27H27F2N7O3/c1-39-7-6-30-11-18-9-23-24(32-18)26(38)36(14-31-23)27-33-21(15-2-3-15)10-22(34-27)19-5-4-16(28)8-20(19)25(37)35-12-17(29)13-35/h4-5,8-10,14-15,17,30,32H,2-3,6-7,11-13H2,1H3. The summed E-state index contributed by atoms with van der Waals surface area (Å²) < 4.78 is 34.0. The molecular formula is C27H27F2N7O3. The molecule has 1 aromatic carbocycles. The van der Waals surface area contributed by atoms with E-state index in [0.717, 1.165) is 30.3 Å². The van der Waals surface area contributed by atoms with E-state index in [1.165, 1.54) is 27.9 Å². The van der Waals surface area contributed by atoms with Gasteiger partial charge in [-0.15, -0.1) is 0 Å². The van der Waals surface area contributed by atoms with Gasteiger partial charge in [0.05, 0.1) is 36.5 Å². The number of aromatic nitrogens is 5. The van der Waals surface area contributed by atoms with Crippen LogP contribution in [-0.2, 0) is 11.3 Å². The molecule has 12 heteroatoms. The van der Waals surface area contributed by atoms with Crippen LogP contribution in [0.1, 0.15) is 40.5 Å². The molecule has 1 aliphatic carbocycles. The van der Waals surface area contributed by atoms with Gasteiger partial charge in [-0.25, -0.2) is 28.3 Å². The van der Waals surface area contributed by atoms with Gasteiger partial charge in [-0.2, -0.15) is 0 Å². The molecule has 202 valence electrons. The molecule has 1 saturated carbocycles. The minimum Gasteiger partial charge on any atom is -0.383 e. The van der Waals surface area contributed by atoms with Crippen LogP contribution in [0.15, 0.2) is 41.5 Å². The van der Waals surface area contributed by atoms with Crippen LogP contribution < -0.4 is 10.9 Å². The second-order valence-corrected chi connectivity index (χ2v) is 9.89. The monoisotopic (exact) mass is 535 g/mol. The van der Waals surface area contributed by atoms with Crippen molar-refractivity contribution in [1.82, 2.24) is 34.7 Å². The first-order chi connectivity index (χ1) is 18.9. The molecule has 2 N–H and O–H groups in total. The SMILES string of the molecule is COCCNCc1cc2ncn(-c3nc(-c4ccc(F)cc4C(=O)N4CC(F)C4)cc(C4CC4)n3)c(=O)c2[nH]1. The van der Waals surface area contributed by atoms with Crippen molar-refractivity contribution in [3.63, 3.8) is 0 Å². The zero-order chi connectivity index (χ0) is 27.1. The number of hydrogen-bond acceptors (Lipinski definition) is 7. The summed E-state index contributed by atoms with van der Waals surface area (Å²) >= 11 is 0. The fourth-order valence-electron chi connectivity index (χ4n) is 4.66. The number of benzene rings is 1. The smallest absolute Gasteiger partial charge is 0.284 e. The number of aromatic amines is 1. The summed E-state index contributed by atoms with van der Waals surface area (Å²) in [5.41, 5.74) is 2.85. The van der Waals surface area contributed by atoms with Crippen molar-refractivity contribution in [3.8, 4) is 17.2 Å². The molecule has 0 spiro atoms. The lowest BCUT2D eigenvalue weighted by Crippen LogP contribution is -2.51. The number of amides is 1. The van der Waals surface area contributed by atoms with Gasteiger partial charge in [-0.1, -0.05) is 0 Å². The number of halogens is 2. The number of nitrogens with one attached hydrogen (secondary N) is 2. The van der Waals surface area contributed by atoms with Crippen molar-refractivity contribution in [2.24, 2.45) is 0 Å². The Bertz CT molecular complexity index is 1610. The van der Waals surface area contributed by atoms with E-state index in [4.69, 9.17) is 4.74 Å². The number of H-pyrrole nitrogens is 1. The molecule has 0 bridgehead atoms. The number of carbonyl (C=O) groups excluding carboxylic acids is 1. The van der Waals surface area contributed by atoms with Crippen LogP contribution in [0.5, 0.6) is 0 Å². The molecule has 2 fully saturated rings. The van der Waals surface area contributed by atoms with E-state index >= 15 is 0 Å². The number of hydrogen-bond donors (Lipinski definition) is 2. The zero-order valence-electron chi connectivity index (χ0n) is 21.3. The third-order valence-electron chi connectivity index (χ3n) is 6.95. The lowest BCUT2D eigenvalue weighted by molar-refractivity contribution is 0.0400. The highest BCUT2D eigenvalue weighted by Gasteiger charge is 2.33. The average Bonchev–Trinajstić information content (AvgIpc) is 3.68. The van der Waals surface area contributed by atoms with Crippen LogP contribution in [0, 0.1) is 5.82 Å². The molecule has 1 saturated heterocycles. The van der Waals surface area contributed by atoms with Crippen molar-refractivity contribution in [2.45, 2.75) is 31.5 Å². The molecule has 3 aromatic heterocycles. The Morgan fingerprint density at radius 1 is 1.21 bits per heavy atom. The second kappa shape index (κ2) is 10.3. The maximum Gasteiger partial charge on any atom is 0.284 e. The quantitative estimate of drug-likeness (QED) is 0.317. The summed E-state index contributed by atoms with van der Waals surface area (Å²) in [5, 5.41) is 3.22. The normalized spacial score (nSPS) is 15.6. The minimum atomic E-state index is -1.08. The van der Waals surface area contributed by atoms with Gasteiger partial charge >= 0.3 is 0 Å². The van der Waals surface area contributed by atoms with Gasteiger partial charge in [0, 0.05) is 43.1 Å². The largest absolute Gasteiger partial charge is 0.383 e. The van der Waals surface area contributed by atoms with E-state index in [9.17, 15) is 18.4 Å². The molecule has 4 heterocycles. The van der Waals surface area contributed by atoms with E-state index < -0.39 is 17.9 Å². The highest BCUT2D eigenvalue weighted by atomic mass is 19.1. The van der Waals surface area contributed by atoms with Crippen molar-refractivity contribution in [3.05, 3.63) is 69.8 Å². The minimum absolute atomic E-state index is 0.0295. The predicted octanol–water partition coefficient (Wildman–Crippen LogP) is 2.72. The average molecular weight is 536 g/mol. The lowest BCUT2D eigenvalue weighted by Gasteiger charge is -2.34. The molecule has 2 aliphatic rings. The summed E-state index contributed by atoms with van der Waals surface area (Å²) in [5.74, 6) is -0.736. The Morgan fingerprint density at radius 3 is 2.77 bits per heavy atom. The number of ether oxygens (including phenoxy) is 1. The molecule has 6 rings (SSSR count). The maximum atomic E-state index is 14.2. The van der Waals surface area contributed by atoms with Gasteiger partial charge in [-0.3, -0.25) is 9.59 Å². The molecule has 1 amide bonds. The first-order valence-corrected chi connectivity index (χ1v) is 12.8. The summed E-state index contributed by atoms with van der Waals surface area (Å²) in [6, 6.07) is 7.45. The maximum absolute atomic E-state index is 14.2. The van der Waals surface area contributed by atoms with E-state index in [-0.39, 0.29) is 36.1 Å². The number of fused-ring (bicyclic) bond motifs is 1. The van der Waals surface area contributed by atoms with Gasteiger partial charge < -0.3 is 19.9 Å². The number of methoxy groups -OCH3 is 1. The van der Waals surface area contributed by atoms with Crippen LogP contribution in [0.2, 0.25) is 0 Å². The van der Waals surface area contributed by atoms with Crippen LogP contribution in [0.25, 0.3) is 28.2 Å². The first-order valence-electron chi connectivity index (χ1n) is 12.8. The molecule has 0 radical (unpaired) electrons. The third kappa shape index (κ3) is 5.04. The topological polar surface area (TPSA) is 118 Å². The molecule has 0 unspecified atom stereocenters. The van der Waals surface area contributed by atoms with Crippen LogP contribution in [0.4, 0.5) is 8.78 Å². The highest BCUT2D eigenvalue weighted by molar-refractivity contribution is 6.01. The van der Waals surface area contributed by atoms with Gasteiger partial charge in [0.1, 0.15) is 23.8 Å². The van der Waals surface area contributed by atoms with Gasteiger partial charge in [0.2, 0.25) is 5.95 Å². The number of carbonyl (C=O) groups is 1.